The van der Waals surface area contributed by atoms with Crippen LogP contribution < -0.4 is 0 Å². The average Bonchev–Trinajstić information content (AvgIpc) is 2.74. The maximum atomic E-state index is 5.86. The molecule has 0 aliphatic carbocycles. The van der Waals surface area contributed by atoms with Crippen LogP contribution in [0.5, 0.6) is 0 Å². The summed E-state index contributed by atoms with van der Waals surface area (Å²) in [6, 6.07) is 10.4. The van der Waals surface area contributed by atoms with E-state index in [0.717, 1.165) is 35.4 Å². The van der Waals surface area contributed by atoms with Gasteiger partial charge < -0.3 is 9.15 Å². The van der Waals surface area contributed by atoms with Crippen molar-refractivity contribution in [3.05, 3.63) is 30.3 Å². The Balaban J connectivity index is 1.96. The fourth-order valence-electron chi connectivity index (χ4n) is 1.82. The molecular formula is C12H13O2S+. The van der Waals surface area contributed by atoms with Crippen molar-refractivity contribution >= 4 is 21.9 Å². The smallest absolute Gasteiger partial charge is 0.314 e. The predicted octanol–water partition coefficient (Wildman–Crippen LogP) is 2.44. The maximum Gasteiger partial charge on any atom is 0.314 e. The van der Waals surface area contributed by atoms with Gasteiger partial charge in [-0.2, -0.15) is 0 Å². The summed E-state index contributed by atoms with van der Waals surface area (Å²) >= 11 is 0. The number of fused-ring (bicyclic) bond motifs is 1. The van der Waals surface area contributed by atoms with Crippen molar-refractivity contribution < 1.29 is 9.15 Å². The number of furan rings is 1. The van der Waals surface area contributed by atoms with Gasteiger partial charge in [0.05, 0.1) is 24.1 Å². The lowest BCUT2D eigenvalue weighted by molar-refractivity contribution is 0.159. The number of ether oxygens (including phenoxy) is 1. The normalized spacial score (nSPS) is 18.4. The van der Waals surface area contributed by atoms with Crippen molar-refractivity contribution in [1.29, 1.82) is 0 Å². The van der Waals surface area contributed by atoms with Crippen molar-refractivity contribution in [1.82, 2.24) is 0 Å². The maximum absolute atomic E-state index is 5.86. The Hall–Kier alpha value is -0.930. The zero-order valence-electron chi connectivity index (χ0n) is 8.44. The van der Waals surface area contributed by atoms with E-state index in [2.05, 4.69) is 18.2 Å². The summed E-state index contributed by atoms with van der Waals surface area (Å²) in [4.78, 5) is 0. The second kappa shape index (κ2) is 3.91. The lowest BCUT2D eigenvalue weighted by atomic mass is 10.3. The summed E-state index contributed by atoms with van der Waals surface area (Å²) in [6.07, 6.45) is 0. The zero-order chi connectivity index (χ0) is 10.1. The van der Waals surface area contributed by atoms with Crippen LogP contribution in [0.15, 0.2) is 39.8 Å². The molecule has 2 nitrogen and oxygen atoms in total. The van der Waals surface area contributed by atoms with Crippen LogP contribution in [0.3, 0.4) is 0 Å². The third kappa shape index (κ3) is 1.77. The highest BCUT2D eigenvalue weighted by atomic mass is 32.2. The molecule has 3 rings (SSSR count). The van der Waals surface area contributed by atoms with E-state index in [4.69, 9.17) is 9.15 Å². The standard InChI is InChI=1S/C12H13O2S/c1-2-4-11-10(3-1)9-12(14-11)15-7-5-13-6-8-15/h1-4,9H,5-8H2/q+1. The Morgan fingerprint density at radius 1 is 1.07 bits per heavy atom. The average molecular weight is 221 g/mol. The van der Waals surface area contributed by atoms with E-state index in [1.165, 1.54) is 5.39 Å². The molecule has 3 heteroatoms. The fourth-order valence-corrected chi connectivity index (χ4v) is 3.57. The van der Waals surface area contributed by atoms with Gasteiger partial charge >= 0.3 is 5.09 Å². The first-order valence-corrected chi connectivity index (χ1v) is 6.73. The molecule has 1 aromatic carbocycles. The first-order valence-electron chi connectivity index (χ1n) is 5.17. The van der Waals surface area contributed by atoms with Crippen LogP contribution in [0, 0.1) is 0 Å². The van der Waals surface area contributed by atoms with Crippen LogP contribution in [-0.4, -0.2) is 24.7 Å². The van der Waals surface area contributed by atoms with Gasteiger partial charge in [0.1, 0.15) is 17.1 Å². The first kappa shape index (κ1) is 9.31. The first-order chi connectivity index (χ1) is 7.43. The summed E-state index contributed by atoms with van der Waals surface area (Å²) < 4.78 is 11.2. The minimum absolute atomic E-state index is 0.268. The van der Waals surface area contributed by atoms with Gasteiger partial charge in [-0.05, 0) is 6.07 Å². The van der Waals surface area contributed by atoms with Gasteiger partial charge in [0.25, 0.3) is 0 Å². The Kier molecular flexibility index (Phi) is 2.43. The van der Waals surface area contributed by atoms with E-state index in [9.17, 15) is 0 Å². The molecule has 0 atom stereocenters. The lowest BCUT2D eigenvalue weighted by Crippen LogP contribution is -2.25. The van der Waals surface area contributed by atoms with E-state index in [1.54, 1.807) is 0 Å². The van der Waals surface area contributed by atoms with Crippen molar-refractivity contribution in [2.45, 2.75) is 5.09 Å². The number of rotatable bonds is 1. The number of para-hydroxylation sites is 1. The third-order valence-electron chi connectivity index (χ3n) is 2.64. The fraction of sp³-hybridized carbons (Fsp3) is 0.333. The van der Waals surface area contributed by atoms with Gasteiger partial charge in [-0.1, -0.05) is 18.2 Å². The molecule has 0 amide bonds. The third-order valence-corrected chi connectivity index (χ3v) is 4.72. The SMILES string of the molecule is c1ccc2oc([S+]3CCOCC3)cc2c1. The lowest BCUT2D eigenvalue weighted by Gasteiger charge is -2.11. The predicted molar refractivity (Wildman–Crippen MR) is 62.4 cm³/mol. The minimum Gasteiger partial charge on any atom is -0.417 e. The molecule has 15 heavy (non-hydrogen) atoms. The van der Waals surface area contributed by atoms with Gasteiger partial charge in [0, 0.05) is 11.5 Å². The molecule has 2 heterocycles. The molecule has 78 valence electrons. The van der Waals surface area contributed by atoms with Crippen LogP contribution in [0.4, 0.5) is 0 Å². The molecule has 1 fully saturated rings. The van der Waals surface area contributed by atoms with Crippen molar-refractivity contribution in [2.24, 2.45) is 0 Å². The molecule has 0 radical (unpaired) electrons. The molecule has 1 aliphatic rings. The van der Waals surface area contributed by atoms with Gasteiger partial charge in [0.2, 0.25) is 0 Å². The highest BCUT2D eigenvalue weighted by molar-refractivity contribution is 7.96. The molecule has 0 spiro atoms. The molecule has 1 aliphatic heterocycles. The van der Waals surface area contributed by atoms with Crippen LogP contribution >= 0.6 is 0 Å². The second-order valence-corrected chi connectivity index (χ2v) is 5.82. The van der Waals surface area contributed by atoms with Crippen LogP contribution in [-0.2, 0) is 15.6 Å². The molecular weight excluding hydrogens is 208 g/mol. The van der Waals surface area contributed by atoms with Crippen molar-refractivity contribution in [2.75, 3.05) is 24.7 Å². The summed E-state index contributed by atoms with van der Waals surface area (Å²) in [5.41, 5.74) is 1.01. The van der Waals surface area contributed by atoms with E-state index >= 15 is 0 Å². The van der Waals surface area contributed by atoms with E-state index in [-0.39, 0.29) is 10.9 Å². The minimum atomic E-state index is 0.268. The molecule has 0 N–H and O–H groups in total. The summed E-state index contributed by atoms with van der Waals surface area (Å²) in [5.74, 6) is 2.22. The molecule has 0 bridgehead atoms. The molecule has 2 aromatic rings. The Morgan fingerprint density at radius 2 is 1.87 bits per heavy atom. The summed E-state index contributed by atoms with van der Waals surface area (Å²) in [5, 5.41) is 2.37. The van der Waals surface area contributed by atoms with Crippen molar-refractivity contribution in [3.8, 4) is 0 Å². The Labute approximate surface area is 91.6 Å². The molecule has 1 saturated heterocycles. The largest absolute Gasteiger partial charge is 0.417 e. The number of benzene rings is 1. The molecule has 1 aromatic heterocycles. The Bertz CT molecular complexity index is 424. The van der Waals surface area contributed by atoms with E-state index in [1.807, 2.05) is 12.1 Å². The summed E-state index contributed by atoms with van der Waals surface area (Å²) in [6.45, 7) is 1.75. The Morgan fingerprint density at radius 3 is 2.67 bits per heavy atom. The van der Waals surface area contributed by atoms with Crippen LogP contribution in [0.2, 0.25) is 0 Å². The summed E-state index contributed by atoms with van der Waals surface area (Å²) in [7, 11) is 0.268. The molecule has 0 saturated carbocycles. The quantitative estimate of drug-likeness (QED) is 0.690. The number of hydrogen-bond donors (Lipinski definition) is 0. The van der Waals surface area contributed by atoms with Gasteiger partial charge in [-0.25, -0.2) is 0 Å². The van der Waals surface area contributed by atoms with E-state index < -0.39 is 0 Å². The monoisotopic (exact) mass is 221 g/mol. The highest BCUT2D eigenvalue weighted by Crippen LogP contribution is 2.25. The van der Waals surface area contributed by atoms with Crippen LogP contribution in [0.1, 0.15) is 0 Å². The van der Waals surface area contributed by atoms with Gasteiger partial charge in [0.15, 0.2) is 0 Å². The van der Waals surface area contributed by atoms with Crippen LogP contribution in [0.25, 0.3) is 11.0 Å². The zero-order valence-corrected chi connectivity index (χ0v) is 9.26. The van der Waals surface area contributed by atoms with Gasteiger partial charge in [-0.15, -0.1) is 0 Å². The van der Waals surface area contributed by atoms with E-state index in [0.29, 0.717) is 0 Å². The molecule has 0 unspecified atom stereocenters. The second-order valence-electron chi connectivity index (χ2n) is 3.62. The van der Waals surface area contributed by atoms with Gasteiger partial charge in [-0.3, -0.25) is 0 Å². The highest BCUT2D eigenvalue weighted by Gasteiger charge is 2.28. The van der Waals surface area contributed by atoms with Crippen molar-refractivity contribution in [3.63, 3.8) is 0 Å². The number of hydrogen-bond acceptors (Lipinski definition) is 2. The topological polar surface area (TPSA) is 22.4 Å².